The summed E-state index contributed by atoms with van der Waals surface area (Å²) in [6.07, 6.45) is -3.04. The molecule has 2 saturated heterocycles. The number of nitriles is 1. The molecule has 4 aromatic carbocycles. The molecular formula is C53H56F3N7O8S. The van der Waals surface area contributed by atoms with Crippen LogP contribution in [0, 0.1) is 23.7 Å². The molecular weight excluding hydrogens is 952 g/mol. The normalized spacial score (nSPS) is 17.2. The van der Waals surface area contributed by atoms with Gasteiger partial charge in [0.15, 0.2) is 17.3 Å². The smallest absolute Gasteiger partial charge is 0.417 e. The molecule has 0 aliphatic carbocycles. The van der Waals surface area contributed by atoms with Crippen molar-refractivity contribution < 1.29 is 51.3 Å². The van der Waals surface area contributed by atoms with E-state index in [1.165, 1.54) is 17.4 Å². The van der Waals surface area contributed by atoms with E-state index in [1.54, 1.807) is 36.9 Å². The molecule has 0 radical (unpaired) electrons. The molecule has 2 aliphatic rings. The van der Waals surface area contributed by atoms with Gasteiger partial charge in [-0.15, -0.1) is 0 Å². The Balaban J connectivity index is 0.841. The van der Waals surface area contributed by atoms with Crippen molar-refractivity contribution >= 4 is 52.3 Å². The Labute approximate surface area is 420 Å². The molecule has 0 spiro atoms. The Morgan fingerprint density at radius 3 is 2.18 bits per heavy atom. The number of thiocarbonyl (C=S) groups is 1. The molecule has 19 heteroatoms. The minimum Gasteiger partial charge on any atom is -0.494 e. The summed E-state index contributed by atoms with van der Waals surface area (Å²) in [5.41, 5.74) is 0.989. The quantitative estimate of drug-likeness (QED) is 0.0600. The van der Waals surface area contributed by atoms with Gasteiger partial charge in [0.05, 0.1) is 41.3 Å². The highest BCUT2D eigenvalue weighted by molar-refractivity contribution is 7.81. The standard InChI is InChI=1S/C53H56F3N7O8S/c1-32-45(71-31-59-32)36-11-9-33(10-12-36)28-58-47(66)43-26-40(64)29-61(43)48(67)46(51(2,3)4)60-44(65)30-69-23-7-8-24-70-41-21-16-35(17-22-41)34-13-18-38(19-14-34)63-50(72)62(49(68)52(63,5)6)39-20-15-37(27-57)42(25-39)53(54,55)56/h9-22,25,31,40,43,46,64H,7-8,23-24,26,28-30H2,1-6H3,(H,58,66)(H,60,65)/t40-,43+,46?/m1/s1. The van der Waals surface area contributed by atoms with E-state index in [0.717, 1.165) is 45.0 Å². The van der Waals surface area contributed by atoms with Gasteiger partial charge in [0, 0.05) is 37.4 Å². The maximum atomic E-state index is 14.0. The van der Waals surface area contributed by atoms with Crippen LogP contribution >= 0.6 is 12.2 Å². The van der Waals surface area contributed by atoms with Crippen LogP contribution in [0.4, 0.5) is 24.5 Å². The van der Waals surface area contributed by atoms with Gasteiger partial charge in [-0.1, -0.05) is 69.3 Å². The van der Waals surface area contributed by atoms with Crippen molar-refractivity contribution in [2.24, 2.45) is 5.41 Å². The van der Waals surface area contributed by atoms with Gasteiger partial charge in [-0.05, 0) is 110 Å². The zero-order chi connectivity index (χ0) is 52.1. The maximum absolute atomic E-state index is 14.0. The molecule has 15 nitrogen and oxygen atoms in total. The number of anilines is 2. The second kappa shape index (κ2) is 21.7. The number of hydrogen-bond acceptors (Lipinski definition) is 11. The number of aromatic nitrogens is 1. The number of alkyl halides is 3. The number of hydrogen-bond donors (Lipinski definition) is 3. The van der Waals surface area contributed by atoms with Crippen LogP contribution in [-0.2, 0) is 36.6 Å². The summed E-state index contributed by atoms with van der Waals surface area (Å²) in [5, 5.41) is 25.5. The summed E-state index contributed by atoms with van der Waals surface area (Å²) in [6.45, 7) is 11.1. The average molecular weight is 1010 g/mol. The number of carbonyl (C=O) groups excluding carboxylic acids is 4. The number of aliphatic hydroxyl groups excluding tert-OH is 1. The minimum absolute atomic E-state index is 0.00133. The molecule has 5 aromatic rings. The van der Waals surface area contributed by atoms with Gasteiger partial charge < -0.3 is 39.4 Å². The van der Waals surface area contributed by atoms with E-state index < -0.39 is 70.1 Å². The summed E-state index contributed by atoms with van der Waals surface area (Å²) in [7, 11) is 0. The third-order valence-corrected chi connectivity index (χ3v) is 12.9. The molecule has 4 amide bonds. The number of rotatable bonds is 17. The van der Waals surface area contributed by atoms with Crippen molar-refractivity contribution in [3.05, 3.63) is 120 Å². The van der Waals surface area contributed by atoms with Crippen molar-refractivity contribution in [1.29, 1.82) is 5.26 Å². The summed E-state index contributed by atoms with van der Waals surface area (Å²) in [6, 6.07) is 24.9. The predicted molar refractivity (Wildman–Crippen MR) is 266 cm³/mol. The van der Waals surface area contributed by atoms with Crippen molar-refractivity contribution in [3.63, 3.8) is 0 Å². The Bertz CT molecular complexity index is 2840. The van der Waals surface area contributed by atoms with Gasteiger partial charge in [-0.3, -0.25) is 24.1 Å². The SMILES string of the molecule is Cc1ncoc1-c1ccc(CNC(=O)[C@@H]2C[C@@H](O)CN2C(=O)C(NC(=O)COCCCCOc2ccc(-c3ccc(N4C(=S)N(c5ccc(C#N)c(C(F)(F)F)c5)C(=O)C4(C)C)cc3)cc2)C(C)(C)C)cc1. The number of nitrogens with zero attached hydrogens (tertiary/aromatic N) is 5. The molecule has 3 atom stereocenters. The predicted octanol–water partition coefficient (Wildman–Crippen LogP) is 8.11. The number of oxazole rings is 1. The Hall–Kier alpha value is -7.14. The van der Waals surface area contributed by atoms with Crippen molar-refractivity contribution in [1.82, 2.24) is 20.5 Å². The molecule has 378 valence electrons. The zero-order valence-corrected chi connectivity index (χ0v) is 41.5. The first-order valence-electron chi connectivity index (χ1n) is 23.3. The minimum atomic E-state index is -4.81. The second-order valence-corrected chi connectivity index (χ2v) is 19.6. The summed E-state index contributed by atoms with van der Waals surface area (Å²) in [4.78, 5) is 62.2. The van der Waals surface area contributed by atoms with Crippen molar-refractivity contribution in [2.75, 3.05) is 36.2 Å². The van der Waals surface area contributed by atoms with E-state index >= 15 is 0 Å². The van der Waals surface area contributed by atoms with Crippen LogP contribution in [0.15, 0.2) is 102 Å². The molecule has 7 rings (SSSR count). The number of aryl methyl sites for hydroxylation is 1. The molecule has 2 fully saturated rings. The number of halogens is 3. The van der Waals surface area contributed by atoms with Gasteiger partial charge >= 0.3 is 6.18 Å². The first-order valence-corrected chi connectivity index (χ1v) is 23.8. The fraction of sp³-hybridized carbons (Fsp3) is 0.377. The van der Waals surface area contributed by atoms with Crippen LogP contribution in [0.2, 0.25) is 0 Å². The highest BCUT2D eigenvalue weighted by atomic mass is 32.1. The first kappa shape index (κ1) is 52.7. The van der Waals surface area contributed by atoms with Gasteiger partial charge in [0.25, 0.3) is 5.91 Å². The molecule has 3 N–H and O–H groups in total. The van der Waals surface area contributed by atoms with E-state index in [1.807, 2.05) is 88.4 Å². The fourth-order valence-corrected chi connectivity index (χ4v) is 9.17. The number of amides is 4. The van der Waals surface area contributed by atoms with Crippen molar-refractivity contribution in [2.45, 2.75) is 97.3 Å². The van der Waals surface area contributed by atoms with E-state index in [-0.39, 0.29) is 43.5 Å². The third kappa shape index (κ3) is 11.8. The highest BCUT2D eigenvalue weighted by Gasteiger charge is 2.51. The lowest BCUT2D eigenvalue weighted by Gasteiger charge is -2.35. The van der Waals surface area contributed by atoms with Gasteiger partial charge in [0.2, 0.25) is 17.7 Å². The van der Waals surface area contributed by atoms with E-state index in [9.17, 15) is 42.7 Å². The number of carbonyl (C=O) groups is 4. The summed E-state index contributed by atoms with van der Waals surface area (Å²) in [5.74, 6) is -0.585. The van der Waals surface area contributed by atoms with Crippen LogP contribution in [0.3, 0.4) is 0 Å². The van der Waals surface area contributed by atoms with E-state index in [0.29, 0.717) is 36.6 Å². The lowest BCUT2D eigenvalue weighted by atomic mass is 9.85. The highest BCUT2D eigenvalue weighted by Crippen LogP contribution is 2.40. The number of benzene rings is 4. The Morgan fingerprint density at radius 1 is 0.944 bits per heavy atom. The number of ether oxygens (including phenoxy) is 2. The first-order chi connectivity index (χ1) is 34.1. The second-order valence-electron chi connectivity index (χ2n) is 19.3. The van der Waals surface area contributed by atoms with E-state index in [2.05, 4.69) is 15.6 Å². The number of aliphatic hydroxyl groups is 1. The number of nitrogens with one attached hydrogen (secondary N) is 2. The van der Waals surface area contributed by atoms with Crippen LogP contribution < -0.4 is 25.2 Å². The number of unbranched alkanes of at least 4 members (excludes halogenated alkanes) is 1. The van der Waals surface area contributed by atoms with Gasteiger partial charge in [-0.25, -0.2) is 4.98 Å². The van der Waals surface area contributed by atoms with Gasteiger partial charge in [-0.2, -0.15) is 18.4 Å². The third-order valence-electron chi connectivity index (χ3n) is 12.6. The van der Waals surface area contributed by atoms with E-state index in [4.69, 9.17) is 26.1 Å². The topological polar surface area (TPSA) is 191 Å². The van der Waals surface area contributed by atoms with Crippen LogP contribution in [0.1, 0.15) is 76.3 Å². The summed E-state index contributed by atoms with van der Waals surface area (Å²) >= 11 is 5.67. The van der Waals surface area contributed by atoms with Crippen LogP contribution in [0.25, 0.3) is 22.5 Å². The largest absolute Gasteiger partial charge is 0.494 e. The maximum Gasteiger partial charge on any atom is 0.417 e. The van der Waals surface area contributed by atoms with Crippen LogP contribution in [0.5, 0.6) is 5.75 Å². The van der Waals surface area contributed by atoms with Gasteiger partial charge in [0.1, 0.15) is 30.0 Å². The molecule has 72 heavy (non-hydrogen) atoms. The molecule has 1 aromatic heterocycles. The molecule has 0 saturated carbocycles. The molecule has 1 unspecified atom stereocenters. The number of likely N-dealkylation sites (tertiary alicyclic amines) is 1. The summed E-state index contributed by atoms with van der Waals surface area (Å²) < 4.78 is 58.3. The van der Waals surface area contributed by atoms with Crippen molar-refractivity contribution in [3.8, 4) is 34.3 Å². The molecule has 3 heterocycles. The average Bonchev–Trinajstić information content (AvgIpc) is 4.01. The molecule has 2 aliphatic heterocycles. The monoisotopic (exact) mass is 1010 g/mol. The lowest BCUT2D eigenvalue weighted by molar-refractivity contribution is -0.144. The zero-order valence-electron chi connectivity index (χ0n) is 40.7. The lowest BCUT2D eigenvalue weighted by Crippen LogP contribution is -2.58. The Morgan fingerprint density at radius 2 is 1.57 bits per heavy atom. The fourth-order valence-electron chi connectivity index (χ4n) is 8.65. The Kier molecular flexibility index (Phi) is 15.9. The van der Waals surface area contributed by atoms with Crippen LogP contribution in [-0.4, -0.2) is 93.8 Å². The molecule has 0 bridgehead atoms. The number of β-amino-alcohol motifs (C(OH)–C–C–N with tert-alkyl or cyclic N) is 1.